The maximum atomic E-state index is 12.9. The molecule has 3 rings (SSSR count). The SMILES string of the molecule is Cc1ccc(NS(=O)(=O)c2ccc3cc(Br)ccc3c2)c(=O)n1CC(=O)NCCONC(=N)N.O=C(O)C(F)(F)F. The number of alkyl halides is 3. The summed E-state index contributed by atoms with van der Waals surface area (Å²) in [7, 11) is -4.05. The molecule has 1 heterocycles. The van der Waals surface area contributed by atoms with Crippen molar-refractivity contribution in [2.75, 3.05) is 17.9 Å². The average molecular weight is 665 g/mol. The summed E-state index contributed by atoms with van der Waals surface area (Å²) >= 11 is 3.38. The van der Waals surface area contributed by atoms with Crippen LogP contribution < -0.4 is 26.8 Å². The van der Waals surface area contributed by atoms with E-state index in [4.69, 9.17) is 25.9 Å². The van der Waals surface area contributed by atoms with Crippen molar-refractivity contribution in [1.82, 2.24) is 15.4 Å². The van der Waals surface area contributed by atoms with Crippen LogP contribution in [0.1, 0.15) is 5.69 Å². The predicted octanol–water partition coefficient (Wildman–Crippen LogP) is 2.04. The Balaban J connectivity index is 0.000000745. The molecular formula is C23H24BrF3N6O7S. The van der Waals surface area contributed by atoms with E-state index in [0.29, 0.717) is 5.69 Å². The van der Waals surface area contributed by atoms with Gasteiger partial charge in [-0.15, -0.1) is 0 Å². The number of halogens is 4. The molecule has 0 bridgehead atoms. The molecule has 0 aliphatic heterocycles. The van der Waals surface area contributed by atoms with Crippen molar-refractivity contribution in [1.29, 1.82) is 5.41 Å². The molecule has 0 aliphatic carbocycles. The zero-order chi connectivity index (χ0) is 31.0. The number of hydrogen-bond donors (Lipinski definition) is 6. The highest BCUT2D eigenvalue weighted by Gasteiger charge is 2.38. The summed E-state index contributed by atoms with van der Waals surface area (Å²) in [5.74, 6) is -3.60. The second-order valence-corrected chi connectivity index (χ2v) is 10.7. The number of hydroxylamine groups is 1. The van der Waals surface area contributed by atoms with E-state index in [1.54, 1.807) is 25.1 Å². The molecule has 0 atom stereocenters. The largest absolute Gasteiger partial charge is 0.490 e. The van der Waals surface area contributed by atoms with Crippen LogP contribution in [0.3, 0.4) is 0 Å². The molecule has 13 nitrogen and oxygen atoms in total. The van der Waals surface area contributed by atoms with Gasteiger partial charge in [-0.3, -0.25) is 24.6 Å². The molecule has 3 aromatic rings. The van der Waals surface area contributed by atoms with Gasteiger partial charge in [0.25, 0.3) is 15.6 Å². The van der Waals surface area contributed by atoms with E-state index in [1.807, 2.05) is 12.1 Å². The fraction of sp³-hybridized carbons (Fsp3) is 0.217. The van der Waals surface area contributed by atoms with E-state index in [9.17, 15) is 31.2 Å². The van der Waals surface area contributed by atoms with E-state index >= 15 is 0 Å². The maximum absolute atomic E-state index is 12.9. The lowest BCUT2D eigenvalue weighted by Gasteiger charge is -2.14. The number of aliphatic carboxylic acids is 1. The molecule has 0 aliphatic rings. The first-order valence-electron chi connectivity index (χ1n) is 11.2. The van der Waals surface area contributed by atoms with Crippen molar-refractivity contribution in [3.05, 3.63) is 69.1 Å². The molecule has 1 aromatic heterocycles. The second kappa shape index (κ2) is 14.0. The number of nitrogens with two attached hydrogens (primary N) is 1. The lowest BCUT2D eigenvalue weighted by atomic mass is 10.1. The summed E-state index contributed by atoms with van der Waals surface area (Å²) in [6, 6.07) is 13.0. The van der Waals surface area contributed by atoms with Crippen molar-refractivity contribution >= 4 is 60.2 Å². The number of hydrogen-bond acceptors (Lipinski definition) is 7. The van der Waals surface area contributed by atoms with Crippen molar-refractivity contribution in [3.63, 3.8) is 0 Å². The number of guanidine groups is 1. The number of aromatic nitrogens is 1. The Morgan fingerprint density at radius 3 is 2.34 bits per heavy atom. The number of nitrogens with zero attached hydrogens (tertiary/aromatic N) is 1. The Morgan fingerprint density at radius 1 is 1.12 bits per heavy atom. The Bertz CT molecular complexity index is 1610. The topological polar surface area (TPSA) is 206 Å². The third-order valence-electron chi connectivity index (χ3n) is 4.97. The first-order valence-corrected chi connectivity index (χ1v) is 13.5. The molecule has 1 amide bonds. The summed E-state index contributed by atoms with van der Waals surface area (Å²) < 4.78 is 62.0. The van der Waals surface area contributed by atoms with Crippen LogP contribution in [0.5, 0.6) is 0 Å². The van der Waals surface area contributed by atoms with Gasteiger partial charge in [-0.2, -0.15) is 13.2 Å². The van der Waals surface area contributed by atoms with E-state index in [-0.39, 0.29) is 36.2 Å². The van der Waals surface area contributed by atoms with Gasteiger partial charge in [0.05, 0.1) is 11.5 Å². The van der Waals surface area contributed by atoms with Crippen molar-refractivity contribution in [2.45, 2.75) is 24.5 Å². The van der Waals surface area contributed by atoms with Gasteiger partial charge in [0.1, 0.15) is 12.2 Å². The number of anilines is 1. The highest BCUT2D eigenvalue weighted by molar-refractivity contribution is 9.10. The maximum Gasteiger partial charge on any atom is 0.490 e. The Labute approximate surface area is 239 Å². The third-order valence-corrected chi connectivity index (χ3v) is 6.83. The van der Waals surface area contributed by atoms with Crippen LogP contribution in [0.25, 0.3) is 10.8 Å². The fourth-order valence-electron chi connectivity index (χ4n) is 3.08. The monoisotopic (exact) mass is 664 g/mol. The Kier molecular flexibility index (Phi) is 11.2. The number of fused-ring (bicyclic) bond motifs is 1. The molecule has 0 fully saturated rings. The van der Waals surface area contributed by atoms with Gasteiger partial charge < -0.3 is 20.7 Å². The molecule has 41 heavy (non-hydrogen) atoms. The van der Waals surface area contributed by atoms with Crippen LogP contribution in [-0.4, -0.2) is 55.3 Å². The number of amides is 1. The number of pyridine rings is 1. The quantitative estimate of drug-likeness (QED) is 0.0855. The second-order valence-electron chi connectivity index (χ2n) is 8.06. The molecule has 0 unspecified atom stereocenters. The predicted molar refractivity (Wildman–Crippen MR) is 146 cm³/mol. The minimum Gasteiger partial charge on any atom is -0.475 e. The number of aryl methyl sites for hydroxylation is 1. The number of carbonyl (C=O) groups is 2. The number of sulfonamides is 1. The lowest BCUT2D eigenvalue weighted by molar-refractivity contribution is -0.192. The number of carboxylic acid groups (broad SMARTS) is 1. The van der Waals surface area contributed by atoms with Gasteiger partial charge in [0.15, 0.2) is 0 Å². The van der Waals surface area contributed by atoms with Gasteiger partial charge in [0, 0.05) is 16.7 Å². The van der Waals surface area contributed by atoms with E-state index in [1.165, 1.54) is 22.8 Å². The number of carbonyl (C=O) groups excluding carboxylic acids is 1. The summed E-state index contributed by atoms with van der Waals surface area (Å²) in [4.78, 5) is 38.9. The van der Waals surface area contributed by atoms with E-state index in [2.05, 4.69) is 31.4 Å². The van der Waals surface area contributed by atoms with Crippen LogP contribution in [0.2, 0.25) is 0 Å². The van der Waals surface area contributed by atoms with Crippen LogP contribution in [-0.2, 0) is 31.0 Å². The van der Waals surface area contributed by atoms with E-state index in [0.717, 1.165) is 15.2 Å². The molecular weight excluding hydrogens is 641 g/mol. The van der Waals surface area contributed by atoms with E-state index < -0.39 is 33.6 Å². The summed E-state index contributed by atoms with van der Waals surface area (Å²) in [5.41, 5.74) is 6.84. The van der Waals surface area contributed by atoms with Gasteiger partial charge in [0.2, 0.25) is 11.9 Å². The third kappa shape index (κ3) is 10.1. The summed E-state index contributed by atoms with van der Waals surface area (Å²) in [6.45, 7) is 1.47. The number of benzene rings is 2. The van der Waals surface area contributed by atoms with Gasteiger partial charge >= 0.3 is 12.1 Å². The zero-order valence-electron chi connectivity index (χ0n) is 21.1. The summed E-state index contributed by atoms with van der Waals surface area (Å²) in [6.07, 6.45) is -5.08. The molecule has 222 valence electrons. The molecule has 0 spiro atoms. The fourth-order valence-corrected chi connectivity index (χ4v) is 4.55. The van der Waals surface area contributed by atoms with Gasteiger partial charge in [-0.25, -0.2) is 18.7 Å². The molecule has 2 aromatic carbocycles. The number of nitrogens with one attached hydrogen (secondary N) is 4. The van der Waals surface area contributed by atoms with Crippen molar-refractivity contribution in [3.8, 4) is 0 Å². The molecule has 18 heteroatoms. The standard InChI is InChI=1S/C21H23BrN6O5S.C2HF3O2/c1-13-2-7-18(20(30)28(13)12-19(29)25-8-9-33-26-21(23)24)27-34(31,32)17-6-4-14-10-16(22)5-3-15(14)11-17;3-2(4,5)1(6)7/h2-7,10-11,27H,8-9,12H2,1H3,(H,25,29)(H4,23,24,26);(H,6,7). The van der Waals surface area contributed by atoms with Gasteiger partial charge in [-0.05, 0) is 54.1 Å². The smallest absolute Gasteiger partial charge is 0.475 e. The normalized spacial score (nSPS) is 11.2. The highest BCUT2D eigenvalue weighted by atomic mass is 79.9. The van der Waals surface area contributed by atoms with Crippen LogP contribution in [0, 0.1) is 12.3 Å². The van der Waals surface area contributed by atoms with Crippen LogP contribution in [0.15, 0.2) is 62.7 Å². The minimum atomic E-state index is -5.08. The highest BCUT2D eigenvalue weighted by Crippen LogP contribution is 2.24. The Morgan fingerprint density at radius 2 is 1.73 bits per heavy atom. The first-order chi connectivity index (χ1) is 19.0. The van der Waals surface area contributed by atoms with Crippen molar-refractivity contribution in [2.24, 2.45) is 5.73 Å². The number of rotatable bonds is 9. The van der Waals surface area contributed by atoms with Crippen LogP contribution >= 0.6 is 15.9 Å². The molecule has 0 saturated carbocycles. The van der Waals surface area contributed by atoms with Crippen LogP contribution in [0.4, 0.5) is 18.9 Å². The molecule has 7 N–H and O–H groups in total. The van der Waals surface area contributed by atoms with Crippen molar-refractivity contribution < 1.29 is 41.1 Å². The molecule has 0 saturated heterocycles. The zero-order valence-corrected chi connectivity index (χ0v) is 23.5. The summed E-state index contributed by atoms with van der Waals surface area (Å²) in [5, 5.41) is 18.2. The minimum absolute atomic E-state index is 0.00533. The number of carboxylic acids is 1. The lowest BCUT2D eigenvalue weighted by Crippen LogP contribution is -2.37. The average Bonchev–Trinajstić information content (AvgIpc) is 2.87. The molecule has 0 radical (unpaired) electrons. The Hall–Kier alpha value is -4.16. The first kappa shape index (κ1) is 33.0. The van der Waals surface area contributed by atoms with Gasteiger partial charge in [-0.1, -0.05) is 28.1 Å².